The second-order valence-electron chi connectivity index (χ2n) is 3.93. The summed E-state index contributed by atoms with van der Waals surface area (Å²) in [5.41, 5.74) is 0.314. The van der Waals surface area contributed by atoms with Crippen LogP contribution in [0.25, 0.3) is 0 Å². The molecule has 104 valence electrons. The number of benzene rings is 1. The van der Waals surface area contributed by atoms with Gasteiger partial charge in [0.1, 0.15) is 5.75 Å². The summed E-state index contributed by atoms with van der Waals surface area (Å²) in [6.07, 6.45) is 0. The molecule has 0 saturated carbocycles. The fraction of sp³-hybridized carbons (Fsp3) is 0.333. The molecule has 1 aliphatic carbocycles. The van der Waals surface area contributed by atoms with Gasteiger partial charge in [0, 0.05) is 0 Å². The zero-order chi connectivity index (χ0) is 14.3. The Bertz CT molecular complexity index is 511. The van der Waals surface area contributed by atoms with Crippen molar-refractivity contribution in [2.24, 2.45) is 0 Å². The SMILES string of the molecule is COc1ccc(COC2(F)C(F)=C(F)C2(F)F)cc1. The van der Waals surface area contributed by atoms with Crippen LogP contribution in [0.3, 0.4) is 0 Å². The smallest absolute Gasteiger partial charge is 0.365 e. The van der Waals surface area contributed by atoms with Crippen LogP contribution in [0.15, 0.2) is 35.9 Å². The summed E-state index contributed by atoms with van der Waals surface area (Å²) in [6, 6.07) is 5.85. The molecular formula is C12H9F5O2. The molecule has 7 heteroatoms. The lowest BCUT2D eigenvalue weighted by Crippen LogP contribution is -2.56. The first kappa shape index (κ1) is 13.8. The predicted octanol–water partition coefficient (Wildman–Crippen LogP) is 3.68. The minimum Gasteiger partial charge on any atom is -0.497 e. The Kier molecular flexibility index (Phi) is 3.25. The summed E-state index contributed by atoms with van der Waals surface area (Å²) in [4.78, 5) is 0. The predicted molar refractivity (Wildman–Crippen MR) is 55.8 cm³/mol. The van der Waals surface area contributed by atoms with Gasteiger partial charge in [0.25, 0.3) is 0 Å². The zero-order valence-corrected chi connectivity index (χ0v) is 9.72. The molecule has 0 aromatic heterocycles. The van der Waals surface area contributed by atoms with E-state index in [2.05, 4.69) is 4.74 Å². The molecule has 1 aromatic carbocycles. The lowest BCUT2D eigenvalue weighted by atomic mass is 9.95. The van der Waals surface area contributed by atoms with Crippen LogP contribution < -0.4 is 4.74 Å². The van der Waals surface area contributed by atoms with E-state index in [0.717, 1.165) is 0 Å². The highest BCUT2D eigenvalue weighted by Gasteiger charge is 2.74. The molecule has 0 spiro atoms. The van der Waals surface area contributed by atoms with Gasteiger partial charge in [-0.15, -0.1) is 0 Å². The van der Waals surface area contributed by atoms with Gasteiger partial charge >= 0.3 is 11.8 Å². The maximum atomic E-state index is 13.5. The Morgan fingerprint density at radius 3 is 2.05 bits per heavy atom. The number of hydrogen-bond acceptors (Lipinski definition) is 2. The maximum absolute atomic E-state index is 13.5. The highest BCUT2D eigenvalue weighted by molar-refractivity contribution is 5.35. The molecule has 0 fully saturated rings. The Morgan fingerprint density at radius 1 is 1.00 bits per heavy atom. The lowest BCUT2D eigenvalue weighted by molar-refractivity contribution is -0.288. The van der Waals surface area contributed by atoms with E-state index in [-0.39, 0.29) is 0 Å². The van der Waals surface area contributed by atoms with E-state index in [9.17, 15) is 22.0 Å². The van der Waals surface area contributed by atoms with Gasteiger partial charge < -0.3 is 9.47 Å². The molecule has 2 nitrogen and oxygen atoms in total. The summed E-state index contributed by atoms with van der Waals surface area (Å²) in [6.45, 7) is -0.628. The van der Waals surface area contributed by atoms with Crippen LogP contribution in [0.1, 0.15) is 5.56 Å². The average Bonchev–Trinajstić information content (AvgIpc) is 2.43. The van der Waals surface area contributed by atoms with E-state index in [1.54, 1.807) is 0 Å². The Hall–Kier alpha value is -1.63. The van der Waals surface area contributed by atoms with Crippen molar-refractivity contribution < 1.29 is 31.4 Å². The number of rotatable bonds is 4. The Labute approximate surface area is 105 Å². The molecule has 1 aliphatic rings. The summed E-state index contributed by atoms with van der Waals surface area (Å²) >= 11 is 0. The first-order valence-electron chi connectivity index (χ1n) is 5.23. The lowest BCUT2D eigenvalue weighted by Gasteiger charge is -2.38. The number of halogens is 5. The van der Waals surface area contributed by atoms with Crippen LogP contribution >= 0.6 is 0 Å². The number of ether oxygens (including phenoxy) is 2. The van der Waals surface area contributed by atoms with Crippen molar-refractivity contribution >= 4 is 0 Å². The van der Waals surface area contributed by atoms with Gasteiger partial charge in [-0.25, -0.2) is 8.78 Å². The van der Waals surface area contributed by atoms with E-state index in [0.29, 0.717) is 11.3 Å². The van der Waals surface area contributed by atoms with E-state index in [1.807, 2.05) is 0 Å². The second kappa shape index (κ2) is 4.48. The zero-order valence-electron chi connectivity index (χ0n) is 9.72. The molecule has 19 heavy (non-hydrogen) atoms. The number of hydrogen-bond donors (Lipinski definition) is 0. The van der Waals surface area contributed by atoms with Gasteiger partial charge in [-0.3, -0.25) is 0 Å². The Morgan fingerprint density at radius 2 is 1.58 bits per heavy atom. The molecule has 1 unspecified atom stereocenters. The molecule has 1 atom stereocenters. The van der Waals surface area contributed by atoms with E-state index in [1.165, 1.54) is 31.4 Å². The van der Waals surface area contributed by atoms with Crippen molar-refractivity contribution in [2.75, 3.05) is 7.11 Å². The minimum absolute atomic E-state index is 0.314. The van der Waals surface area contributed by atoms with Crippen LogP contribution in [0.2, 0.25) is 0 Å². The molecule has 0 saturated heterocycles. The van der Waals surface area contributed by atoms with Crippen LogP contribution in [0.5, 0.6) is 5.75 Å². The van der Waals surface area contributed by atoms with E-state index in [4.69, 9.17) is 4.74 Å². The maximum Gasteiger partial charge on any atom is 0.365 e. The van der Waals surface area contributed by atoms with Crippen LogP contribution in [-0.4, -0.2) is 18.9 Å². The molecule has 0 amide bonds. The quantitative estimate of drug-likeness (QED) is 0.783. The van der Waals surface area contributed by atoms with Crippen molar-refractivity contribution in [1.82, 2.24) is 0 Å². The average molecular weight is 280 g/mol. The van der Waals surface area contributed by atoms with E-state index < -0.39 is 30.0 Å². The number of methoxy groups -OCH3 is 1. The van der Waals surface area contributed by atoms with Gasteiger partial charge in [0.15, 0.2) is 0 Å². The number of alkyl halides is 3. The van der Waals surface area contributed by atoms with Crippen LogP contribution in [0.4, 0.5) is 22.0 Å². The van der Waals surface area contributed by atoms with Gasteiger partial charge in [-0.2, -0.15) is 13.2 Å². The van der Waals surface area contributed by atoms with Crippen molar-refractivity contribution in [2.45, 2.75) is 18.4 Å². The summed E-state index contributed by atoms with van der Waals surface area (Å²) in [7, 11) is 1.43. The third kappa shape index (κ3) is 1.98. The second-order valence-corrected chi connectivity index (χ2v) is 3.93. The van der Waals surface area contributed by atoms with Gasteiger partial charge in [-0.1, -0.05) is 12.1 Å². The third-order valence-electron chi connectivity index (χ3n) is 2.75. The van der Waals surface area contributed by atoms with Crippen molar-refractivity contribution in [3.8, 4) is 5.75 Å². The normalized spacial score (nSPS) is 25.2. The molecule has 2 rings (SSSR count). The van der Waals surface area contributed by atoms with Gasteiger partial charge in [0.05, 0.1) is 13.7 Å². The summed E-state index contributed by atoms with van der Waals surface area (Å²) in [5, 5.41) is 0. The fourth-order valence-corrected chi connectivity index (χ4v) is 1.55. The highest BCUT2D eigenvalue weighted by atomic mass is 19.3. The molecule has 0 aliphatic heterocycles. The van der Waals surface area contributed by atoms with Crippen LogP contribution in [-0.2, 0) is 11.3 Å². The Balaban J connectivity index is 2.07. The topological polar surface area (TPSA) is 18.5 Å². The van der Waals surface area contributed by atoms with Gasteiger partial charge in [0.2, 0.25) is 11.7 Å². The minimum atomic E-state index is -4.59. The molecule has 0 radical (unpaired) electrons. The first-order chi connectivity index (χ1) is 8.83. The fourth-order valence-electron chi connectivity index (χ4n) is 1.55. The van der Waals surface area contributed by atoms with Crippen LogP contribution in [0, 0.1) is 0 Å². The molecule has 0 N–H and O–H groups in total. The summed E-state index contributed by atoms with van der Waals surface area (Å²) in [5.74, 6) is -12.8. The molecule has 0 heterocycles. The monoisotopic (exact) mass is 280 g/mol. The van der Waals surface area contributed by atoms with Gasteiger partial charge in [-0.05, 0) is 17.7 Å². The molecule has 0 bridgehead atoms. The van der Waals surface area contributed by atoms with E-state index >= 15 is 0 Å². The molecule has 1 aromatic rings. The third-order valence-corrected chi connectivity index (χ3v) is 2.75. The summed E-state index contributed by atoms with van der Waals surface area (Å²) < 4.78 is 73.5. The van der Waals surface area contributed by atoms with Crippen molar-refractivity contribution in [1.29, 1.82) is 0 Å². The van der Waals surface area contributed by atoms with Crippen molar-refractivity contribution in [3.63, 3.8) is 0 Å². The largest absolute Gasteiger partial charge is 0.497 e. The molecular weight excluding hydrogens is 271 g/mol. The highest BCUT2D eigenvalue weighted by Crippen LogP contribution is 2.56. The standard InChI is InChI=1S/C12H9F5O2/c1-18-8-4-2-7(3-5-8)6-19-12(17)10(14)9(13)11(12,15)16/h2-5H,6H2,1H3. The van der Waals surface area contributed by atoms with Crippen molar-refractivity contribution in [3.05, 3.63) is 41.5 Å². The first-order valence-corrected chi connectivity index (χ1v) is 5.23.